The van der Waals surface area contributed by atoms with Gasteiger partial charge in [0.15, 0.2) is 5.13 Å². The molecule has 0 aliphatic heterocycles. The van der Waals surface area contributed by atoms with Gasteiger partial charge in [-0.3, -0.25) is 20.2 Å². The number of nitro groups is 1. The maximum atomic E-state index is 12.7. The van der Waals surface area contributed by atoms with Crippen LogP contribution in [-0.4, -0.2) is 42.7 Å². The molecule has 0 spiro atoms. The summed E-state index contributed by atoms with van der Waals surface area (Å²) in [4.78, 5) is 28.7. The first-order valence-corrected chi connectivity index (χ1v) is 10.5. The van der Waals surface area contributed by atoms with Crippen LogP contribution in [0.15, 0.2) is 42.5 Å². The molecule has 1 aromatic heterocycles. The van der Waals surface area contributed by atoms with Crippen molar-refractivity contribution in [3.63, 3.8) is 0 Å². The van der Waals surface area contributed by atoms with E-state index < -0.39 is 17.4 Å². The molecule has 12 heteroatoms. The number of carbonyl (C=O) groups is 1. The van der Waals surface area contributed by atoms with E-state index in [0.29, 0.717) is 29.5 Å². The fraction of sp³-hybridized carbons (Fsp3) is 0.238. The number of anilines is 2. The number of thiazole rings is 1. The third-order valence-corrected chi connectivity index (χ3v) is 5.33. The Morgan fingerprint density at radius 2 is 1.97 bits per heavy atom. The van der Waals surface area contributed by atoms with Crippen molar-refractivity contribution < 1.29 is 28.0 Å². The minimum absolute atomic E-state index is 0.0249. The lowest BCUT2D eigenvalue weighted by atomic mass is 10.1. The standard InChI is InChI=1S/C21H20F2N4O5S/c1-12-18(13-3-6-15(7-4-13)32-20(22)23)25-21(33-12)26-19(28)14-5-8-16(24-9-10-31-2)17(11-14)27(29)30/h3-8,11,20,24H,9-10H2,1-2H3,(H,25,26,28). The number of benzene rings is 2. The second-order valence-electron chi connectivity index (χ2n) is 6.69. The number of carbonyl (C=O) groups excluding carboxylic acids is 1. The van der Waals surface area contributed by atoms with Gasteiger partial charge in [-0.05, 0) is 43.3 Å². The number of nitrogens with one attached hydrogen (secondary N) is 2. The van der Waals surface area contributed by atoms with Gasteiger partial charge in [-0.2, -0.15) is 8.78 Å². The van der Waals surface area contributed by atoms with Crippen LogP contribution in [0.4, 0.5) is 25.3 Å². The smallest absolute Gasteiger partial charge is 0.387 e. The molecule has 3 rings (SSSR count). The third-order valence-electron chi connectivity index (χ3n) is 4.45. The van der Waals surface area contributed by atoms with Gasteiger partial charge in [-0.15, -0.1) is 11.3 Å². The first-order chi connectivity index (χ1) is 15.8. The third kappa shape index (κ3) is 6.20. The van der Waals surface area contributed by atoms with Crippen molar-refractivity contribution in [2.24, 2.45) is 0 Å². The van der Waals surface area contributed by atoms with Crippen molar-refractivity contribution in [3.05, 3.63) is 63.0 Å². The Bertz CT molecular complexity index is 1140. The maximum absolute atomic E-state index is 12.7. The Balaban J connectivity index is 1.75. The number of halogens is 2. The summed E-state index contributed by atoms with van der Waals surface area (Å²) in [6.07, 6.45) is 0. The predicted molar refractivity (Wildman–Crippen MR) is 120 cm³/mol. The van der Waals surface area contributed by atoms with Crippen LogP contribution in [0.2, 0.25) is 0 Å². The van der Waals surface area contributed by atoms with Crippen LogP contribution in [0, 0.1) is 17.0 Å². The van der Waals surface area contributed by atoms with Crippen LogP contribution in [0.3, 0.4) is 0 Å². The molecule has 2 aromatic carbocycles. The van der Waals surface area contributed by atoms with Gasteiger partial charge >= 0.3 is 6.61 Å². The molecule has 0 bridgehead atoms. The molecule has 2 N–H and O–H groups in total. The minimum atomic E-state index is -2.91. The Labute approximate surface area is 191 Å². The number of nitrogens with zero attached hydrogens (tertiary/aromatic N) is 2. The molecule has 33 heavy (non-hydrogen) atoms. The molecule has 0 fully saturated rings. The van der Waals surface area contributed by atoms with Gasteiger partial charge in [-0.25, -0.2) is 4.98 Å². The number of aromatic nitrogens is 1. The van der Waals surface area contributed by atoms with E-state index in [1.165, 1.54) is 48.8 Å². The minimum Gasteiger partial charge on any atom is -0.435 e. The Hall–Kier alpha value is -3.64. The molecule has 0 aliphatic carbocycles. The number of hydrogen-bond acceptors (Lipinski definition) is 8. The monoisotopic (exact) mass is 478 g/mol. The highest BCUT2D eigenvalue weighted by Crippen LogP contribution is 2.32. The highest BCUT2D eigenvalue weighted by molar-refractivity contribution is 7.16. The summed E-state index contributed by atoms with van der Waals surface area (Å²) in [7, 11) is 1.52. The summed E-state index contributed by atoms with van der Waals surface area (Å²) in [5, 5.41) is 17.3. The van der Waals surface area contributed by atoms with Crippen molar-refractivity contribution in [1.82, 2.24) is 4.98 Å². The van der Waals surface area contributed by atoms with E-state index in [9.17, 15) is 23.7 Å². The van der Waals surface area contributed by atoms with E-state index in [1.807, 2.05) is 0 Å². The summed E-state index contributed by atoms with van der Waals surface area (Å²) in [6, 6.07) is 10.1. The van der Waals surface area contributed by atoms with Crippen LogP contribution < -0.4 is 15.4 Å². The zero-order chi connectivity index (χ0) is 24.0. The first kappa shape index (κ1) is 24.0. The molecule has 0 aliphatic rings. The number of amides is 1. The number of rotatable bonds is 10. The van der Waals surface area contributed by atoms with Gasteiger partial charge in [0.25, 0.3) is 11.6 Å². The van der Waals surface area contributed by atoms with Crippen LogP contribution >= 0.6 is 11.3 Å². The van der Waals surface area contributed by atoms with Crippen LogP contribution in [0.5, 0.6) is 5.75 Å². The Kier molecular flexibility index (Phi) is 7.85. The van der Waals surface area contributed by atoms with Crippen molar-refractivity contribution in [2.45, 2.75) is 13.5 Å². The summed E-state index contributed by atoms with van der Waals surface area (Å²) in [5.74, 6) is -0.528. The lowest BCUT2D eigenvalue weighted by molar-refractivity contribution is -0.384. The first-order valence-electron chi connectivity index (χ1n) is 9.63. The van der Waals surface area contributed by atoms with E-state index in [4.69, 9.17) is 4.74 Å². The number of hydrogen-bond donors (Lipinski definition) is 2. The average molecular weight is 478 g/mol. The normalized spacial score (nSPS) is 10.8. The fourth-order valence-corrected chi connectivity index (χ4v) is 3.77. The van der Waals surface area contributed by atoms with Crippen LogP contribution in [-0.2, 0) is 4.74 Å². The highest BCUT2D eigenvalue weighted by Gasteiger charge is 2.19. The molecular weight excluding hydrogens is 458 g/mol. The Morgan fingerprint density at radius 3 is 2.61 bits per heavy atom. The lowest BCUT2D eigenvalue weighted by Gasteiger charge is -2.08. The lowest BCUT2D eigenvalue weighted by Crippen LogP contribution is -2.13. The second-order valence-corrected chi connectivity index (χ2v) is 7.89. The zero-order valence-electron chi connectivity index (χ0n) is 17.6. The largest absolute Gasteiger partial charge is 0.435 e. The van der Waals surface area contributed by atoms with Gasteiger partial charge in [0, 0.05) is 35.7 Å². The van der Waals surface area contributed by atoms with E-state index >= 15 is 0 Å². The zero-order valence-corrected chi connectivity index (χ0v) is 18.4. The number of nitro benzene ring substituents is 1. The highest BCUT2D eigenvalue weighted by atomic mass is 32.1. The molecule has 0 radical (unpaired) electrons. The van der Waals surface area contributed by atoms with E-state index in [2.05, 4.69) is 20.4 Å². The number of ether oxygens (including phenoxy) is 2. The van der Waals surface area contributed by atoms with E-state index in [-0.39, 0.29) is 22.7 Å². The molecule has 1 heterocycles. The SMILES string of the molecule is COCCNc1ccc(C(=O)Nc2nc(-c3ccc(OC(F)F)cc3)c(C)s2)cc1[N+](=O)[O-]. The Morgan fingerprint density at radius 1 is 1.24 bits per heavy atom. The predicted octanol–water partition coefficient (Wildman–Crippen LogP) is 4.94. The van der Waals surface area contributed by atoms with E-state index in [1.54, 1.807) is 19.1 Å². The van der Waals surface area contributed by atoms with Gasteiger partial charge in [0.1, 0.15) is 11.4 Å². The molecule has 9 nitrogen and oxygen atoms in total. The van der Waals surface area contributed by atoms with Crippen molar-refractivity contribution >= 4 is 33.8 Å². The van der Waals surface area contributed by atoms with Crippen LogP contribution in [0.25, 0.3) is 11.3 Å². The molecular formula is C21H20F2N4O5S. The average Bonchev–Trinajstić information content (AvgIpc) is 3.13. The van der Waals surface area contributed by atoms with Gasteiger partial charge in [0.05, 0.1) is 17.2 Å². The number of methoxy groups -OCH3 is 1. The molecule has 0 saturated heterocycles. The fourth-order valence-electron chi connectivity index (χ4n) is 2.94. The summed E-state index contributed by atoms with van der Waals surface area (Å²) in [5.41, 5.74) is 1.37. The molecule has 3 aromatic rings. The van der Waals surface area contributed by atoms with E-state index in [0.717, 1.165) is 4.88 Å². The number of aryl methyl sites for hydroxylation is 1. The molecule has 174 valence electrons. The molecule has 0 saturated carbocycles. The summed E-state index contributed by atoms with van der Waals surface area (Å²) >= 11 is 1.22. The van der Waals surface area contributed by atoms with Gasteiger partial charge < -0.3 is 14.8 Å². The quantitative estimate of drug-likeness (QED) is 0.241. The van der Waals surface area contributed by atoms with Crippen molar-refractivity contribution in [3.8, 4) is 17.0 Å². The number of alkyl halides is 2. The molecule has 1 amide bonds. The topological polar surface area (TPSA) is 116 Å². The van der Waals surface area contributed by atoms with Gasteiger partial charge in [-0.1, -0.05) is 0 Å². The van der Waals surface area contributed by atoms with Crippen molar-refractivity contribution in [1.29, 1.82) is 0 Å². The molecule has 0 unspecified atom stereocenters. The second kappa shape index (κ2) is 10.8. The maximum Gasteiger partial charge on any atom is 0.387 e. The van der Waals surface area contributed by atoms with Crippen LogP contribution in [0.1, 0.15) is 15.2 Å². The summed E-state index contributed by atoms with van der Waals surface area (Å²) < 4.78 is 33.9. The summed E-state index contributed by atoms with van der Waals surface area (Å²) in [6.45, 7) is -0.367. The van der Waals surface area contributed by atoms with Gasteiger partial charge in [0.2, 0.25) is 0 Å². The van der Waals surface area contributed by atoms with Crippen molar-refractivity contribution in [2.75, 3.05) is 30.9 Å². The molecule has 0 atom stereocenters.